The van der Waals surface area contributed by atoms with E-state index in [9.17, 15) is 21.6 Å². The Bertz CT molecular complexity index is 970. The molecule has 0 atom stereocenters. The number of rotatable bonds is 2. The fraction of sp³-hybridized carbons (Fsp3) is 0.333. The van der Waals surface area contributed by atoms with Gasteiger partial charge in [-0.3, -0.25) is 4.31 Å². The van der Waals surface area contributed by atoms with Gasteiger partial charge < -0.3 is 4.74 Å². The molecule has 0 aliphatic carbocycles. The summed E-state index contributed by atoms with van der Waals surface area (Å²) in [5.41, 5.74) is 0.793. The molecule has 0 N–H and O–H groups in total. The van der Waals surface area contributed by atoms with E-state index in [-0.39, 0.29) is 11.4 Å². The van der Waals surface area contributed by atoms with Crippen molar-refractivity contribution in [3.63, 3.8) is 0 Å². The van der Waals surface area contributed by atoms with Crippen molar-refractivity contribution < 1.29 is 26.3 Å². The van der Waals surface area contributed by atoms with Gasteiger partial charge in [0, 0.05) is 13.0 Å². The Labute approximate surface area is 149 Å². The third-order valence-corrected chi connectivity index (χ3v) is 6.54. The van der Waals surface area contributed by atoms with Gasteiger partial charge in [0.2, 0.25) is 0 Å². The molecule has 2 aromatic carbocycles. The maximum Gasteiger partial charge on any atom is 0.416 e. The molecule has 0 bridgehead atoms. The van der Waals surface area contributed by atoms with Crippen LogP contribution in [0.5, 0.6) is 5.75 Å². The first kappa shape index (κ1) is 17.2. The first-order chi connectivity index (χ1) is 12.3. The summed E-state index contributed by atoms with van der Waals surface area (Å²) in [4.78, 5) is 0.134. The molecule has 26 heavy (non-hydrogen) atoms. The molecule has 2 aromatic rings. The van der Waals surface area contributed by atoms with Crippen molar-refractivity contribution in [1.29, 1.82) is 0 Å². The van der Waals surface area contributed by atoms with E-state index in [1.807, 2.05) is 0 Å². The zero-order chi connectivity index (χ0) is 18.5. The first-order valence-electron chi connectivity index (χ1n) is 8.25. The largest absolute Gasteiger partial charge is 0.493 e. The minimum Gasteiger partial charge on any atom is -0.493 e. The van der Waals surface area contributed by atoms with Crippen LogP contribution < -0.4 is 9.04 Å². The molecule has 0 amide bonds. The predicted octanol–water partition coefficient (Wildman–Crippen LogP) is 3.78. The maximum atomic E-state index is 13.1. The lowest BCUT2D eigenvalue weighted by atomic mass is 10.0. The van der Waals surface area contributed by atoms with E-state index in [0.717, 1.165) is 17.7 Å². The molecule has 2 aliphatic rings. The smallest absolute Gasteiger partial charge is 0.416 e. The van der Waals surface area contributed by atoms with Gasteiger partial charge >= 0.3 is 6.18 Å². The maximum absolute atomic E-state index is 13.1. The molecule has 2 aliphatic heterocycles. The second kappa shape index (κ2) is 5.90. The highest BCUT2D eigenvalue weighted by atomic mass is 32.2. The van der Waals surface area contributed by atoms with Gasteiger partial charge in [0.1, 0.15) is 5.75 Å². The van der Waals surface area contributed by atoms with E-state index in [1.54, 1.807) is 12.1 Å². The standard InChI is InChI=1S/C18H16F3NO3S/c19-18(20,21)14-3-5-16-12(10-14)2-1-8-22(16)26(23,24)15-4-6-17-13(11-15)7-9-25-17/h3-6,10-11H,1-2,7-9H2. The van der Waals surface area contributed by atoms with Crippen molar-refractivity contribution in [3.8, 4) is 5.75 Å². The number of benzene rings is 2. The summed E-state index contributed by atoms with van der Waals surface area (Å²) in [7, 11) is -3.85. The van der Waals surface area contributed by atoms with Crippen molar-refractivity contribution >= 4 is 15.7 Å². The third kappa shape index (κ3) is 2.82. The highest BCUT2D eigenvalue weighted by Gasteiger charge is 2.34. The Morgan fingerprint density at radius 1 is 1.00 bits per heavy atom. The Morgan fingerprint density at radius 3 is 2.58 bits per heavy atom. The van der Waals surface area contributed by atoms with E-state index < -0.39 is 21.8 Å². The van der Waals surface area contributed by atoms with E-state index in [2.05, 4.69) is 0 Å². The SMILES string of the molecule is O=S(=O)(c1ccc2c(c1)CCO2)N1CCCc2cc(C(F)(F)F)ccc21. The molecule has 8 heteroatoms. The normalized spacial score (nSPS) is 16.8. The van der Waals surface area contributed by atoms with Crippen molar-refractivity contribution in [2.45, 2.75) is 30.3 Å². The van der Waals surface area contributed by atoms with Gasteiger partial charge in [0.05, 0.1) is 22.8 Å². The first-order valence-corrected chi connectivity index (χ1v) is 9.69. The van der Waals surface area contributed by atoms with E-state index in [0.29, 0.717) is 42.9 Å². The van der Waals surface area contributed by atoms with Gasteiger partial charge in [-0.25, -0.2) is 8.42 Å². The summed E-state index contributed by atoms with van der Waals surface area (Å²) in [5, 5.41) is 0. The average molecular weight is 383 g/mol. The number of alkyl halides is 3. The van der Waals surface area contributed by atoms with Crippen LogP contribution in [0.1, 0.15) is 23.1 Å². The Morgan fingerprint density at radius 2 is 1.81 bits per heavy atom. The van der Waals surface area contributed by atoms with Gasteiger partial charge in [-0.2, -0.15) is 13.2 Å². The van der Waals surface area contributed by atoms with Crippen LogP contribution >= 0.6 is 0 Å². The number of hydrogen-bond acceptors (Lipinski definition) is 3. The summed E-state index contributed by atoms with van der Waals surface area (Å²) in [5.74, 6) is 0.679. The van der Waals surface area contributed by atoms with Crippen LogP contribution in [0.25, 0.3) is 0 Å². The lowest BCUT2D eigenvalue weighted by Gasteiger charge is -2.31. The highest BCUT2D eigenvalue weighted by molar-refractivity contribution is 7.92. The van der Waals surface area contributed by atoms with Gasteiger partial charge in [0.25, 0.3) is 10.0 Å². The molecule has 0 unspecified atom stereocenters. The van der Waals surface area contributed by atoms with E-state index in [4.69, 9.17) is 4.74 Å². The minimum atomic E-state index is -4.45. The van der Waals surface area contributed by atoms with Gasteiger partial charge in [-0.05, 0) is 60.4 Å². The summed E-state index contributed by atoms with van der Waals surface area (Å²) in [6.07, 6.45) is -2.91. The number of halogens is 3. The third-order valence-electron chi connectivity index (χ3n) is 4.73. The van der Waals surface area contributed by atoms with Crippen LogP contribution in [0.2, 0.25) is 0 Å². The lowest BCUT2D eigenvalue weighted by Crippen LogP contribution is -2.35. The van der Waals surface area contributed by atoms with Crippen LogP contribution in [0.15, 0.2) is 41.3 Å². The van der Waals surface area contributed by atoms with E-state index in [1.165, 1.54) is 16.4 Å². The quantitative estimate of drug-likeness (QED) is 0.793. The fourth-order valence-electron chi connectivity index (χ4n) is 3.44. The van der Waals surface area contributed by atoms with Crippen LogP contribution in [0.4, 0.5) is 18.9 Å². The Kier molecular flexibility index (Phi) is 3.91. The molecule has 0 radical (unpaired) electrons. The number of nitrogens with zero attached hydrogens (tertiary/aromatic N) is 1. The summed E-state index contributed by atoms with van der Waals surface area (Å²) < 4.78 is 71.6. The molecule has 4 nitrogen and oxygen atoms in total. The second-order valence-electron chi connectivity index (χ2n) is 6.39. The predicted molar refractivity (Wildman–Crippen MR) is 89.9 cm³/mol. The van der Waals surface area contributed by atoms with Gasteiger partial charge in [0.15, 0.2) is 0 Å². The summed E-state index contributed by atoms with van der Waals surface area (Å²) >= 11 is 0. The number of hydrogen-bond donors (Lipinski definition) is 0. The molecule has 138 valence electrons. The molecule has 0 saturated heterocycles. The van der Waals surface area contributed by atoms with Crippen LogP contribution in [-0.2, 0) is 29.0 Å². The number of aryl methyl sites for hydroxylation is 1. The Balaban J connectivity index is 1.75. The van der Waals surface area contributed by atoms with Crippen molar-refractivity contribution in [2.24, 2.45) is 0 Å². The molecular weight excluding hydrogens is 367 g/mol. The van der Waals surface area contributed by atoms with Crippen LogP contribution in [0.3, 0.4) is 0 Å². The zero-order valence-corrected chi connectivity index (χ0v) is 14.5. The molecular formula is C18H16F3NO3S. The second-order valence-corrected chi connectivity index (χ2v) is 8.25. The molecule has 2 heterocycles. The monoisotopic (exact) mass is 383 g/mol. The van der Waals surface area contributed by atoms with Crippen molar-refractivity contribution in [1.82, 2.24) is 0 Å². The molecule has 0 fully saturated rings. The highest BCUT2D eigenvalue weighted by Crippen LogP contribution is 2.38. The molecule has 0 spiro atoms. The number of fused-ring (bicyclic) bond motifs is 2. The van der Waals surface area contributed by atoms with Crippen molar-refractivity contribution in [2.75, 3.05) is 17.5 Å². The summed E-state index contributed by atoms with van der Waals surface area (Å²) in [6.45, 7) is 0.764. The average Bonchev–Trinajstić information content (AvgIpc) is 3.07. The van der Waals surface area contributed by atoms with Gasteiger partial charge in [-0.1, -0.05) is 0 Å². The number of anilines is 1. The van der Waals surface area contributed by atoms with Crippen LogP contribution in [-0.4, -0.2) is 21.6 Å². The van der Waals surface area contributed by atoms with Crippen molar-refractivity contribution in [3.05, 3.63) is 53.1 Å². The molecule has 0 aromatic heterocycles. The summed E-state index contributed by atoms with van der Waals surface area (Å²) in [6, 6.07) is 7.95. The number of sulfonamides is 1. The zero-order valence-electron chi connectivity index (χ0n) is 13.7. The Hall–Kier alpha value is -2.22. The molecule has 4 rings (SSSR count). The topological polar surface area (TPSA) is 46.6 Å². The van der Waals surface area contributed by atoms with Gasteiger partial charge in [-0.15, -0.1) is 0 Å². The lowest BCUT2D eigenvalue weighted by molar-refractivity contribution is -0.137. The fourth-order valence-corrected chi connectivity index (χ4v) is 5.03. The van der Waals surface area contributed by atoms with Crippen LogP contribution in [0, 0.1) is 0 Å². The minimum absolute atomic E-state index is 0.134. The number of ether oxygens (including phenoxy) is 1. The van der Waals surface area contributed by atoms with E-state index >= 15 is 0 Å². The molecule has 0 saturated carbocycles.